The maximum Gasteiger partial charge on any atom is 0.235 e. The Morgan fingerprint density at radius 1 is 1.69 bits per heavy atom. The molecule has 0 aliphatic heterocycles. The number of rotatable bonds is 5. The molecule has 0 aromatic heterocycles. The van der Waals surface area contributed by atoms with E-state index >= 15 is 0 Å². The summed E-state index contributed by atoms with van der Waals surface area (Å²) < 4.78 is 0. The van der Waals surface area contributed by atoms with Crippen molar-refractivity contribution in [3.05, 3.63) is 0 Å². The molecular weight excluding hydrogens is 166 g/mol. The van der Waals surface area contributed by atoms with Crippen molar-refractivity contribution in [3.8, 4) is 0 Å². The van der Waals surface area contributed by atoms with E-state index in [4.69, 9.17) is 11.5 Å². The molecule has 3 atom stereocenters. The van der Waals surface area contributed by atoms with Gasteiger partial charge in [-0.05, 0) is 25.3 Å². The maximum absolute atomic E-state index is 10.7. The second-order valence-electron chi connectivity index (χ2n) is 4.20. The van der Waals surface area contributed by atoms with E-state index in [2.05, 4.69) is 11.8 Å². The quantitative estimate of drug-likeness (QED) is 0.600. The minimum Gasteiger partial charge on any atom is -0.368 e. The molecule has 4 heteroatoms. The monoisotopic (exact) mass is 185 g/mol. The zero-order valence-corrected chi connectivity index (χ0v) is 8.36. The van der Waals surface area contributed by atoms with Gasteiger partial charge in [-0.15, -0.1) is 0 Å². The highest BCUT2D eigenvalue weighted by atomic mass is 16.1. The van der Waals surface area contributed by atoms with Crippen LogP contribution in [-0.2, 0) is 4.79 Å². The summed E-state index contributed by atoms with van der Waals surface area (Å²) in [6, 6.07) is -0.529. The van der Waals surface area contributed by atoms with Gasteiger partial charge in [0.1, 0.15) is 0 Å². The van der Waals surface area contributed by atoms with Crippen LogP contribution in [0.1, 0.15) is 13.3 Å². The normalized spacial score (nSPS) is 28.9. The number of carbonyl (C=O) groups excluding carboxylic acids is 1. The molecule has 0 aromatic rings. The van der Waals surface area contributed by atoms with Crippen LogP contribution in [0.3, 0.4) is 0 Å². The van der Waals surface area contributed by atoms with Gasteiger partial charge in [0.25, 0.3) is 0 Å². The largest absolute Gasteiger partial charge is 0.368 e. The van der Waals surface area contributed by atoms with Crippen LogP contribution in [0.4, 0.5) is 0 Å². The molecule has 0 radical (unpaired) electrons. The van der Waals surface area contributed by atoms with E-state index in [1.54, 1.807) is 0 Å². The van der Waals surface area contributed by atoms with Crippen molar-refractivity contribution in [2.24, 2.45) is 23.3 Å². The van der Waals surface area contributed by atoms with Crippen molar-refractivity contribution < 1.29 is 4.79 Å². The van der Waals surface area contributed by atoms with Crippen molar-refractivity contribution >= 4 is 5.91 Å². The summed E-state index contributed by atoms with van der Waals surface area (Å²) in [5.41, 5.74) is 10.6. The third kappa shape index (κ3) is 3.32. The Bertz CT molecular complexity index is 195. The van der Waals surface area contributed by atoms with E-state index in [0.29, 0.717) is 6.54 Å². The average molecular weight is 185 g/mol. The Hall–Kier alpha value is -0.610. The van der Waals surface area contributed by atoms with E-state index < -0.39 is 11.9 Å². The van der Waals surface area contributed by atoms with Crippen LogP contribution in [0.5, 0.6) is 0 Å². The van der Waals surface area contributed by atoms with Gasteiger partial charge >= 0.3 is 0 Å². The molecule has 1 rings (SSSR count). The minimum absolute atomic E-state index is 0.421. The van der Waals surface area contributed by atoms with Crippen LogP contribution < -0.4 is 11.5 Å². The lowest BCUT2D eigenvalue weighted by atomic mass is 10.2. The third-order valence-electron chi connectivity index (χ3n) is 2.70. The third-order valence-corrected chi connectivity index (χ3v) is 2.70. The van der Waals surface area contributed by atoms with Crippen molar-refractivity contribution in [2.45, 2.75) is 19.4 Å². The second kappa shape index (κ2) is 4.07. The number of hydrogen-bond donors (Lipinski definition) is 2. The minimum atomic E-state index is -0.529. The second-order valence-corrected chi connectivity index (χ2v) is 4.20. The molecule has 1 amide bonds. The molecule has 1 aliphatic rings. The first-order valence-electron chi connectivity index (χ1n) is 4.74. The van der Waals surface area contributed by atoms with Crippen molar-refractivity contribution in [1.82, 2.24) is 4.90 Å². The first-order valence-corrected chi connectivity index (χ1v) is 4.74. The number of nitrogens with zero attached hydrogens (tertiary/aromatic N) is 1. The predicted octanol–water partition coefficient (Wildman–Crippen LogP) is -0.613. The van der Waals surface area contributed by atoms with Gasteiger partial charge in [-0.25, -0.2) is 0 Å². The first-order chi connectivity index (χ1) is 6.00. The van der Waals surface area contributed by atoms with E-state index in [-0.39, 0.29) is 0 Å². The van der Waals surface area contributed by atoms with Gasteiger partial charge in [-0.3, -0.25) is 4.79 Å². The lowest BCUT2D eigenvalue weighted by molar-refractivity contribution is -0.119. The van der Waals surface area contributed by atoms with Gasteiger partial charge in [0.15, 0.2) is 0 Å². The van der Waals surface area contributed by atoms with Crippen LogP contribution in [-0.4, -0.2) is 37.0 Å². The topological polar surface area (TPSA) is 72.3 Å². The number of primary amides is 1. The molecule has 0 aromatic carbocycles. The fourth-order valence-electron chi connectivity index (χ4n) is 1.55. The molecule has 1 fully saturated rings. The molecule has 3 unspecified atom stereocenters. The molecule has 1 aliphatic carbocycles. The van der Waals surface area contributed by atoms with Gasteiger partial charge in [0, 0.05) is 13.1 Å². The van der Waals surface area contributed by atoms with Crippen molar-refractivity contribution in [2.75, 3.05) is 20.1 Å². The molecule has 1 saturated carbocycles. The van der Waals surface area contributed by atoms with Crippen LogP contribution in [0.15, 0.2) is 0 Å². The summed E-state index contributed by atoms with van der Waals surface area (Å²) in [6.45, 7) is 3.84. The molecule has 13 heavy (non-hydrogen) atoms. The Morgan fingerprint density at radius 2 is 2.23 bits per heavy atom. The standard InChI is InChI=1S/C9H19N3O/c1-6-3-7(6)4-12(2)5-8(10)9(11)13/h6-8H,3-5,10H2,1-2H3,(H2,11,13). The lowest BCUT2D eigenvalue weighted by Crippen LogP contribution is -2.45. The van der Waals surface area contributed by atoms with Gasteiger partial charge in [0.2, 0.25) is 5.91 Å². The number of nitrogens with two attached hydrogens (primary N) is 2. The smallest absolute Gasteiger partial charge is 0.235 e. The molecule has 0 spiro atoms. The predicted molar refractivity (Wildman–Crippen MR) is 51.9 cm³/mol. The summed E-state index contributed by atoms with van der Waals surface area (Å²) in [5.74, 6) is 1.22. The summed E-state index contributed by atoms with van der Waals surface area (Å²) in [6.07, 6.45) is 1.30. The van der Waals surface area contributed by atoms with E-state index in [0.717, 1.165) is 18.4 Å². The highest BCUT2D eigenvalue weighted by molar-refractivity contribution is 5.79. The Labute approximate surface area is 79.3 Å². The Kier molecular flexibility index (Phi) is 3.27. The number of hydrogen-bond acceptors (Lipinski definition) is 3. The molecular formula is C9H19N3O. The summed E-state index contributed by atoms with van der Waals surface area (Å²) >= 11 is 0. The lowest BCUT2D eigenvalue weighted by Gasteiger charge is -2.19. The molecule has 4 nitrogen and oxygen atoms in total. The maximum atomic E-state index is 10.7. The molecule has 0 saturated heterocycles. The Morgan fingerprint density at radius 3 is 2.62 bits per heavy atom. The number of likely N-dealkylation sites (N-methyl/N-ethyl adjacent to an activating group) is 1. The fourth-order valence-corrected chi connectivity index (χ4v) is 1.55. The highest BCUT2D eigenvalue weighted by Gasteiger charge is 2.33. The van der Waals surface area contributed by atoms with Crippen LogP contribution >= 0.6 is 0 Å². The fraction of sp³-hybridized carbons (Fsp3) is 0.889. The molecule has 76 valence electrons. The first kappa shape index (κ1) is 10.5. The number of carbonyl (C=O) groups is 1. The molecule has 4 N–H and O–H groups in total. The highest BCUT2D eigenvalue weighted by Crippen LogP contribution is 2.37. The van der Waals surface area contributed by atoms with Crippen LogP contribution in [0.25, 0.3) is 0 Å². The average Bonchev–Trinajstić information content (AvgIpc) is 2.65. The van der Waals surface area contributed by atoms with Crippen molar-refractivity contribution in [1.29, 1.82) is 0 Å². The van der Waals surface area contributed by atoms with Crippen LogP contribution in [0, 0.1) is 11.8 Å². The summed E-state index contributed by atoms with van der Waals surface area (Å²) in [7, 11) is 1.98. The van der Waals surface area contributed by atoms with E-state index in [9.17, 15) is 4.79 Å². The van der Waals surface area contributed by atoms with Gasteiger partial charge in [-0.1, -0.05) is 6.92 Å². The Balaban J connectivity index is 2.17. The SMILES string of the molecule is CC1CC1CN(C)CC(N)C(N)=O. The molecule has 0 heterocycles. The zero-order chi connectivity index (χ0) is 10.0. The van der Waals surface area contributed by atoms with E-state index in [1.807, 2.05) is 7.05 Å². The zero-order valence-electron chi connectivity index (χ0n) is 8.36. The summed E-state index contributed by atoms with van der Waals surface area (Å²) in [5, 5.41) is 0. The van der Waals surface area contributed by atoms with Gasteiger partial charge < -0.3 is 16.4 Å². The van der Waals surface area contributed by atoms with Crippen molar-refractivity contribution in [3.63, 3.8) is 0 Å². The molecule has 0 bridgehead atoms. The van der Waals surface area contributed by atoms with Gasteiger partial charge in [-0.2, -0.15) is 0 Å². The van der Waals surface area contributed by atoms with Gasteiger partial charge in [0.05, 0.1) is 6.04 Å². The van der Waals surface area contributed by atoms with E-state index in [1.165, 1.54) is 6.42 Å². The number of amides is 1. The van der Waals surface area contributed by atoms with Crippen LogP contribution in [0.2, 0.25) is 0 Å². The summed E-state index contributed by atoms with van der Waals surface area (Å²) in [4.78, 5) is 12.8.